The first-order chi connectivity index (χ1) is 13.0. The van der Waals surface area contributed by atoms with E-state index in [1.807, 2.05) is 18.2 Å². The van der Waals surface area contributed by atoms with E-state index in [1.54, 1.807) is 18.2 Å². The van der Waals surface area contributed by atoms with E-state index in [2.05, 4.69) is 15.4 Å². The van der Waals surface area contributed by atoms with Crippen molar-refractivity contribution < 1.29 is 13.6 Å². The van der Waals surface area contributed by atoms with Crippen molar-refractivity contribution in [1.82, 2.24) is 20.1 Å². The zero-order valence-electron chi connectivity index (χ0n) is 14.1. The molecular formula is C19H15ClF2N4O. The average Bonchev–Trinajstić information content (AvgIpc) is 3.26. The quantitative estimate of drug-likeness (QED) is 0.704. The smallest absolute Gasteiger partial charge is 0.333 e. The minimum atomic E-state index is -2.71. The molecule has 0 saturated heterocycles. The van der Waals surface area contributed by atoms with Gasteiger partial charge in [0.05, 0.1) is 11.7 Å². The Kier molecular flexibility index (Phi) is 4.39. The van der Waals surface area contributed by atoms with Crippen molar-refractivity contribution in [1.29, 1.82) is 0 Å². The molecule has 0 radical (unpaired) electrons. The van der Waals surface area contributed by atoms with Gasteiger partial charge in [0.1, 0.15) is 5.69 Å². The molecule has 1 aromatic carbocycles. The summed E-state index contributed by atoms with van der Waals surface area (Å²) in [5, 5.41) is 7.24. The van der Waals surface area contributed by atoms with Gasteiger partial charge in [-0.2, -0.15) is 13.9 Å². The molecule has 8 heteroatoms. The minimum Gasteiger partial charge on any atom is -0.341 e. The summed E-state index contributed by atoms with van der Waals surface area (Å²) in [4.78, 5) is 16.8. The van der Waals surface area contributed by atoms with Gasteiger partial charge in [-0.1, -0.05) is 29.8 Å². The Morgan fingerprint density at radius 2 is 2.00 bits per heavy atom. The van der Waals surface area contributed by atoms with Crippen molar-refractivity contribution in [3.05, 3.63) is 71.3 Å². The Morgan fingerprint density at radius 1 is 1.22 bits per heavy atom. The molecule has 27 heavy (non-hydrogen) atoms. The molecule has 1 amide bonds. The second-order valence-electron chi connectivity index (χ2n) is 6.43. The number of amides is 1. The van der Waals surface area contributed by atoms with Gasteiger partial charge in [-0.3, -0.25) is 9.78 Å². The van der Waals surface area contributed by atoms with Gasteiger partial charge in [0.2, 0.25) is 0 Å². The van der Waals surface area contributed by atoms with Crippen molar-refractivity contribution in [2.24, 2.45) is 0 Å². The molecule has 5 nitrogen and oxygen atoms in total. The summed E-state index contributed by atoms with van der Waals surface area (Å²) >= 11 is 6.27. The van der Waals surface area contributed by atoms with E-state index in [9.17, 15) is 13.6 Å². The summed E-state index contributed by atoms with van der Waals surface area (Å²) in [6.45, 7) is -2.71. The summed E-state index contributed by atoms with van der Waals surface area (Å²) in [6, 6.07) is 10.6. The summed E-state index contributed by atoms with van der Waals surface area (Å²) in [5.74, 6) is -0.337. The minimum absolute atomic E-state index is 0.204. The molecule has 4 rings (SSSR count). The number of benzene rings is 1. The topological polar surface area (TPSA) is 59.8 Å². The Hall–Kier alpha value is -2.80. The van der Waals surface area contributed by atoms with Crippen LogP contribution in [0.4, 0.5) is 8.78 Å². The molecule has 2 aromatic heterocycles. The number of nitrogens with one attached hydrogen (secondary N) is 1. The van der Waals surface area contributed by atoms with E-state index < -0.39 is 12.1 Å². The van der Waals surface area contributed by atoms with E-state index in [1.165, 1.54) is 18.6 Å². The number of carbonyl (C=O) groups excluding carboxylic acids is 1. The molecule has 1 saturated carbocycles. The number of carbonyl (C=O) groups is 1. The fourth-order valence-corrected chi connectivity index (χ4v) is 3.36. The third-order valence-electron chi connectivity index (χ3n) is 4.62. The van der Waals surface area contributed by atoms with Crippen LogP contribution < -0.4 is 5.32 Å². The summed E-state index contributed by atoms with van der Waals surface area (Å²) in [7, 11) is 0. The number of rotatable bonds is 5. The van der Waals surface area contributed by atoms with Gasteiger partial charge < -0.3 is 5.32 Å². The molecule has 138 valence electrons. The zero-order chi connectivity index (χ0) is 19.0. The lowest BCUT2D eigenvalue weighted by atomic mass is 10.0. The Morgan fingerprint density at radius 3 is 2.67 bits per heavy atom. The molecule has 0 spiro atoms. The van der Waals surface area contributed by atoms with Crippen LogP contribution >= 0.6 is 11.6 Å². The highest BCUT2D eigenvalue weighted by Gasteiger charge is 2.47. The first-order valence-corrected chi connectivity index (χ1v) is 8.73. The van der Waals surface area contributed by atoms with Crippen molar-refractivity contribution >= 4 is 17.5 Å². The fraction of sp³-hybridized carbons (Fsp3) is 0.211. The fourth-order valence-electron chi connectivity index (χ4n) is 3.05. The van der Waals surface area contributed by atoms with Crippen LogP contribution in [0.25, 0.3) is 11.1 Å². The van der Waals surface area contributed by atoms with E-state index >= 15 is 0 Å². The molecular weight excluding hydrogens is 374 g/mol. The van der Waals surface area contributed by atoms with Crippen molar-refractivity contribution in [3.63, 3.8) is 0 Å². The third kappa shape index (κ3) is 3.42. The second-order valence-corrected chi connectivity index (χ2v) is 6.84. The van der Waals surface area contributed by atoms with Gasteiger partial charge in [-0.25, -0.2) is 4.68 Å². The lowest BCUT2D eigenvalue weighted by molar-refractivity contribution is 0.0566. The monoisotopic (exact) mass is 388 g/mol. The normalized spacial score (nSPS) is 15.0. The largest absolute Gasteiger partial charge is 0.341 e. The van der Waals surface area contributed by atoms with E-state index in [0.29, 0.717) is 20.8 Å². The number of hydrogen-bond donors (Lipinski definition) is 1. The van der Waals surface area contributed by atoms with Crippen LogP contribution in [0.3, 0.4) is 0 Å². The van der Waals surface area contributed by atoms with Crippen molar-refractivity contribution in [3.8, 4) is 11.1 Å². The summed E-state index contributed by atoms with van der Waals surface area (Å²) in [5.41, 5.74) is 1.68. The van der Waals surface area contributed by atoms with Crippen LogP contribution in [0.1, 0.15) is 35.4 Å². The maximum absolute atomic E-state index is 12.7. The van der Waals surface area contributed by atoms with Crippen LogP contribution in [0.2, 0.25) is 5.02 Å². The van der Waals surface area contributed by atoms with Crippen LogP contribution in [-0.4, -0.2) is 20.7 Å². The lowest BCUT2D eigenvalue weighted by Crippen LogP contribution is -2.35. The Labute approximate surface area is 159 Å². The molecule has 0 bridgehead atoms. The van der Waals surface area contributed by atoms with Gasteiger partial charge in [-0.15, -0.1) is 0 Å². The molecule has 1 fully saturated rings. The summed E-state index contributed by atoms with van der Waals surface area (Å²) < 4.78 is 26.0. The van der Waals surface area contributed by atoms with Crippen molar-refractivity contribution in [2.45, 2.75) is 24.9 Å². The van der Waals surface area contributed by atoms with E-state index in [4.69, 9.17) is 11.6 Å². The first-order valence-electron chi connectivity index (χ1n) is 8.35. The highest BCUT2D eigenvalue weighted by molar-refractivity contribution is 6.31. The maximum atomic E-state index is 12.7. The van der Waals surface area contributed by atoms with Gasteiger partial charge in [0, 0.05) is 23.0 Å². The Bertz CT molecular complexity index is 1000. The molecule has 2 heterocycles. The molecule has 1 aliphatic rings. The molecule has 0 aliphatic heterocycles. The van der Waals surface area contributed by atoms with Crippen LogP contribution in [-0.2, 0) is 5.54 Å². The van der Waals surface area contributed by atoms with Crippen LogP contribution in [0.5, 0.6) is 0 Å². The SMILES string of the molecule is O=C(NC1(c2ccccc2Cl)CC1)c1cc(-c2cnn(C(F)F)c2)ccn1. The van der Waals surface area contributed by atoms with Crippen LogP contribution in [0, 0.1) is 0 Å². The van der Waals surface area contributed by atoms with Gasteiger partial charge in [0.15, 0.2) is 0 Å². The number of halogens is 3. The highest BCUT2D eigenvalue weighted by Crippen LogP contribution is 2.48. The van der Waals surface area contributed by atoms with E-state index in [-0.39, 0.29) is 11.6 Å². The number of alkyl halides is 2. The lowest BCUT2D eigenvalue weighted by Gasteiger charge is -2.19. The molecule has 0 atom stereocenters. The average molecular weight is 389 g/mol. The maximum Gasteiger partial charge on any atom is 0.333 e. The summed E-state index contributed by atoms with van der Waals surface area (Å²) in [6.07, 6.45) is 5.62. The van der Waals surface area contributed by atoms with Crippen LogP contribution in [0.15, 0.2) is 55.0 Å². The highest BCUT2D eigenvalue weighted by atomic mass is 35.5. The number of aromatic nitrogens is 3. The Balaban J connectivity index is 1.57. The van der Waals surface area contributed by atoms with Gasteiger partial charge in [-0.05, 0) is 42.2 Å². The van der Waals surface area contributed by atoms with Gasteiger partial charge in [0.25, 0.3) is 5.91 Å². The third-order valence-corrected chi connectivity index (χ3v) is 4.95. The van der Waals surface area contributed by atoms with Crippen molar-refractivity contribution in [2.75, 3.05) is 0 Å². The first kappa shape index (κ1) is 17.6. The zero-order valence-corrected chi connectivity index (χ0v) is 14.8. The predicted octanol–water partition coefficient (Wildman–Crippen LogP) is 4.41. The molecule has 3 aromatic rings. The molecule has 1 aliphatic carbocycles. The number of hydrogen-bond acceptors (Lipinski definition) is 3. The van der Waals surface area contributed by atoms with E-state index in [0.717, 1.165) is 18.4 Å². The number of pyridine rings is 1. The number of nitrogens with zero attached hydrogens (tertiary/aromatic N) is 3. The standard InChI is InChI=1S/C19H15ClF2N4O/c20-15-4-2-1-3-14(15)19(6-7-19)25-17(27)16-9-12(5-8-23-16)13-10-24-26(11-13)18(21)22/h1-5,8-11,18H,6-7H2,(H,25,27). The van der Waals surface area contributed by atoms with Gasteiger partial charge >= 0.3 is 6.55 Å². The molecule has 0 unspecified atom stereocenters. The second kappa shape index (κ2) is 6.74. The molecule has 1 N–H and O–H groups in total. The predicted molar refractivity (Wildman–Crippen MR) is 96.5 cm³/mol.